The Labute approximate surface area is 97.1 Å². The number of ether oxygens (including phenoxy) is 1. The summed E-state index contributed by atoms with van der Waals surface area (Å²) in [5.74, 6) is 1.84. The van der Waals surface area contributed by atoms with Crippen LogP contribution < -0.4 is 5.32 Å². The third kappa shape index (κ3) is 4.89. The van der Waals surface area contributed by atoms with Crippen molar-refractivity contribution in [2.45, 2.75) is 33.2 Å². The molecule has 0 radical (unpaired) electrons. The van der Waals surface area contributed by atoms with Crippen molar-refractivity contribution in [2.24, 2.45) is 10.9 Å². The number of amidine groups is 1. The van der Waals surface area contributed by atoms with E-state index in [1.807, 2.05) is 18.7 Å². The van der Waals surface area contributed by atoms with Crippen molar-refractivity contribution in [3.63, 3.8) is 0 Å². The molecule has 0 aromatic heterocycles. The van der Waals surface area contributed by atoms with Gasteiger partial charge in [-0.1, -0.05) is 25.6 Å². The number of thioether (sulfide) groups is 1. The molecule has 4 heteroatoms. The van der Waals surface area contributed by atoms with Gasteiger partial charge in [0, 0.05) is 31.6 Å². The molecule has 0 aliphatic carbocycles. The molecule has 1 aliphatic heterocycles. The highest BCUT2D eigenvalue weighted by Crippen LogP contribution is 2.18. The maximum absolute atomic E-state index is 5.26. The molecule has 88 valence electrons. The first-order valence-corrected chi connectivity index (χ1v) is 6.74. The van der Waals surface area contributed by atoms with Crippen LogP contribution in [0.2, 0.25) is 0 Å². The summed E-state index contributed by atoms with van der Waals surface area (Å²) < 4.78 is 5.26. The van der Waals surface area contributed by atoms with Crippen LogP contribution in [0, 0.1) is 5.92 Å². The molecule has 1 fully saturated rings. The first kappa shape index (κ1) is 12.8. The summed E-state index contributed by atoms with van der Waals surface area (Å²) in [6.07, 6.45) is 1.02. The molecule has 0 aromatic rings. The third-order valence-electron chi connectivity index (χ3n) is 2.42. The summed E-state index contributed by atoms with van der Waals surface area (Å²) in [5.41, 5.74) is 0. The molecule has 1 heterocycles. The first-order valence-electron chi connectivity index (χ1n) is 5.75. The Morgan fingerprint density at radius 1 is 1.60 bits per heavy atom. The van der Waals surface area contributed by atoms with E-state index < -0.39 is 0 Å². The second-order valence-electron chi connectivity index (χ2n) is 4.04. The van der Waals surface area contributed by atoms with Crippen LogP contribution in [0.3, 0.4) is 0 Å². The maximum atomic E-state index is 5.26. The zero-order valence-corrected chi connectivity index (χ0v) is 10.8. The molecule has 1 aliphatic rings. The second kappa shape index (κ2) is 7.12. The van der Waals surface area contributed by atoms with Gasteiger partial charge in [-0.05, 0) is 19.3 Å². The summed E-state index contributed by atoms with van der Waals surface area (Å²) in [6, 6.07) is 0.598. The smallest absolute Gasteiger partial charge is 0.156 e. The van der Waals surface area contributed by atoms with E-state index in [9.17, 15) is 0 Å². The van der Waals surface area contributed by atoms with Gasteiger partial charge in [-0.2, -0.15) is 0 Å². The van der Waals surface area contributed by atoms with Gasteiger partial charge in [0.1, 0.15) is 0 Å². The summed E-state index contributed by atoms with van der Waals surface area (Å²) in [6.45, 7) is 9.02. The predicted molar refractivity (Wildman–Crippen MR) is 67.6 cm³/mol. The highest BCUT2D eigenvalue weighted by atomic mass is 32.2. The molecule has 1 N–H and O–H groups in total. The lowest BCUT2D eigenvalue weighted by atomic mass is 10.1. The van der Waals surface area contributed by atoms with E-state index in [0.717, 1.165) is 37.1 Å². The van der Waals surface area contributed by atoms with Crippen molar-refractivity contribution in [1.82, 2.24) is 5.32 Å². The molecule has 1 rings (SSSR count). The molecule has 1 saturated heterocycles. The molecule has 0 amide bonds. The highest BCUT2D eigenvalue weighted by molar-refractivity contribution is 8.14. The normalized spacial score (nSPS) is 23.7. The molecule has 0 aromatic carbocycles. The Morgan fingerprint density at radius 3 is 3.00 bits per heavy atom. The molecular formula is C11H22N2OS. The van der Waals surface area contributed by atoms with Crippen LogP contribution in [0.4, 0.5) is 0 Å². The topological polar surface area (TPSA) is 33.6 Å². The Hall–Kier alpha value is -0.220. The van der Waals surface area contributed by atoms with E-state index in [0.29, 0.717) is 12.0 Å². The van der Waals surface area contributed by atoms with E-state index in [4.69, 9.17) is 4.74 Å². The molecule has 0 bridgehead atoms. The average Bonchev–Trinajstić information content (AvgIpc) is 2.66. The number of rotatable bonds is 6. The maximum Gasteiger partial charge on any atom is 0.156 e. The van der Waals surface area contributed by atoms with E-state index in [1.165, 1.54) is 0 Å². The summed E-state index contributed by atoms with van der Waals surface area (Å²) in [5, 5.41) is 4.57. The van der Waals surface area contributed by atoms with Crippen LogP contribution in [0.5, 0.6) is 0 Å². The monoisotopic (exact) mass is 230 g/mol. The molecule has 15 heavy (non-hydrogen) atoms. The van der Waals surface area contributed by atoms with Crippen molar-refractivity contribution in [3.8, 4) is 0 Å². The zero-order valence-electron chi connectivity index (χ0n) is 9.95. The number of aliphatic imine (C=N–C) groups is 1. The Balaban J connectivity index is 2.13. The fourth-order valence-electron chi connectivity index (χ4n) is 1.35. The van der Waals surface area contributed by atoms with Gasteiger partial charge in [-0.3, -0.25) is 4.99 Å². The minimum atomic E-state index is 0.598. The molecule has 0 saturated carbocycles. The average molecular weight is 230 g/mol. The summed E-state index contributed by atoms with van der Waals surface area (Å²) in [4.78, 5) is 4.52. The van der Waals surface area contributed by atoms with E-state index >= 15 is 0 Å². The number of hydrogen-bond acceptors (Lipinski definition) is 3. The van der Waals surface area contributed by atoms with Crippen LogP contribution in [0.1, 0.15) is 27.2 Å². The van der Waals surface area contributed by atoms with Crippen molar-refractivity contribution in [3.05, 3.63) is 0 Å². The largest absolute Gasteiger partial charge is 0.382 e. The van der Waals surface area contributed by atoms with Gasteiger partial charge in [0.25, 0.3) is 0 Å². The summed E-state index contributed by atoms with van der Waals surface area (Å²) in [7, 11) is 0. The molecule has 3 nitrogen and oxygen atoms in total. The minimum Gasteiger partial charge on any atom is -0.382 e. The molecule has 1 unspecified atom stereocenters. The Kier molecular flexibility index (Phi) is 6.10. The van der Waals surface area contributed by atoms with Gasteiger partial charge in [-0.25, -0.2) is 0 Å². The lowest BCUT2D eigenvalue weighted by Crippen LogP contribution is -2.31. The Bertz CT molecular complexity index is 207. The lowest BCUT2D eigenvalue weighted by molar-refractivity contribution is 0.146. The van der Waals surface area contributed by atoms with Crippen LogP contribution in [-0.4, -0.2) is 36.7 Å². The van der Waals surface area contributed by atoms with Gasteiger partial charge in [0.05, 0.1) is 0 Å². The van der Waals surface area contributed by atoms with Gasteiger partial charge >= 0.3 is 0 Å². The van der Waals surface area contributed by atoms with E-state index in [1.54, 1.807) is 0 Å². The van der Waals surface area contributed by atoms with Crippen molar-refractivity contribution >= 4 is 16.9 Å². The van der Waals surface area contributed by atoms with Crippen molar-refractivity contribution in [1.29, 1.82) is 0 Å². The van der Waals surface area contributed by atoms with Gasteiger partial charge < -0.3 is 10.1 Å². The fraction of sp³-hybridized carbons (Fsp3) is 0.909. The fourth-order valence-corrected chi connectivity index (χ4v) is 2.58. The molecule has 0 spiro atoms. The van der Waals surface area contributed by atoms with Crippen LogP contribution in [0.15, 0.2) is 4.99 Å². The molecule has 1 atom stereocenters. The molecular weight excluding hydrogens is 208 g/mol. The lowest BCUT2D eigenvalue weighted by Gasteiger charge is -2.13. The number of nitrogens with zero attached hydrogens (tertiary/aromatic N) is 1. The van der Waals surface area contributed by atoms with Crippen molar-refractivity contribution < 1.29 is 4.74 Å². The van der Waals surface area contributed by atoms with Crippen LogP contribution in [-0.2, 0) is 4.74 Å². The van der Waals surface area contributed by atoms with E-state index in [2.05, 4.69) is 24.2 Å². The predicted octanol–water partition coefficient (Wildman–Crippen LogP) is 2.13. The highest BCUT2D eigenvalue weighted by Gasteiger charge is 2.22. The quantitative estimate of drug-likeness (QED) is 0.710. The SMILES string of the molecule is CCOCCCN=C1NC(C(C)C)CS1. The van der Waals surface area contributed by atoms with E-state index in [-0.39, 0.29) is 0 Å². The van der Waals surface area contributed by atoms with Crippen LogP contribution in [0.25, 0.3) is 0 Å². The minimum absolute atomic E-state index is 0.598. The Morgan fingerprint density at radius 2 is 2.40 bits per heavy atom. The van der Waals surface area contributed by atoms with Gasteiger partial charge in [-0.15, -0.1) is 0 Å². The summed E-state index contributed by atoms with van der Waals surface area (Å²) >= 11 is 1.84. The first-order chi connectivity index (χ1) is 7.24. The van der Waals surface area contributed by atoms with Gasteiger partial charge in [0.15, 0.2) is 5.17 Å². The third-order valence-corrected chi connectivity index (χ3v) is 3.47. The standard InChI is InChI=1S/C11H22N2OS/c1-4-14-7-5-6-12-11-13-10(8-15-11)9(2)3/h9-10H,4-8H2,1-3H3,(H,12,13). The number of hydrogen-bond donors (Lipinski definition) is 1. The van der Waals surface area contributed by atoms with Gasteiger partial charge in [0.2, 0.25) is 0 Å². The van der Waals surface area contributed by atoms with Crippen molar-refractivity contribution in [2.75, 3.05) is 25.5 Å². The van der Waals surface area contributed by atoms with Crippen LogP contribution >= 0.6 is 11.8 Å². The zero-order chi connectivity index (χ0) is 11.1. The second-order valence-corrected chi connectivity index (χ2v) is 5.05. The number of nitrogens with one attached hydrogen (secondary N) is 1.